The monoisotopic (exact) mass is 643 g/mol. The van der Waals surface area contributed by atoms with Gasteiger partial charge in [0.1, 0.15) is 5.75 Å². The maximum Gasteiger partial charge on any atom is 0.363 e. The van der Waals surface area contributed by atoms with Crippen molar-refractivity contribution >= 4 is 57.4 Å². The fourth-order valence-corrected chi connectivity index (χ4v) is 8.25. The van der Waals surface area contributed by atoms with Crippen molar-refractivity contribution in [3.05, 3.63) is 101 Å². The van der Waals surface area contributed by atoms with E-state index in [1.807, 2.05) is 12.1 Å². The Morgan fingerprint density at radius 2 is 1.74 bits per heavy atom. The second-order valence-electron chi connectivity index (χ2n) is 11.9. The summed E-state index contributed by atoms with van der Waals surface area (Å²) in [5.74, 6) is 0.695. The lowest BCUT2D eigenvalue weighted by Crippen LogP contribution is -2.21. The molecule has 0 radical (unpaired) electrons. The van der Waals surface area contributed by atoms with Crippen LogP contribution in [0.2, 0.25) is 0 Å². The molecule has 4 aromatic carbocycles. The fraction of sp³-hybridized carbons (Fsp3) is 0.250. The normalized spacial score (nSPS) is 14.5. The molecule has 2 aliphatic rings. The van der Waals surface area contributed by atoms with Gasteiger partial charge >= 0.3 is 17.3 Å². The quantitative estimate of drug-likeness (QED) is 0.169. The van der Waals surface area contributed by atoms with Crippen LogP contribution in [-0.4, -0.2) is 37.8 Å². The van der Waals surface area contributed by atoms with Crippen molar-refractivity contribution in [3.63, 3.8) is 0 Å². The minimum absolute atomic E-state index is 0.292. The van der Waals surface area contributed by atoms with Crippen LogP contribution in [0.1, 0.15) is 60.9 Å². The molecule has 1 N–H and O–H groups in total. The standard InChI is InChI=1S/C40H38N2O4S/c1-5-41(6-2)27-19-20-30-35(23-27)46-39-25(13-12-16-31(39)38(30)28-14-8-9-15-29(28)40(43)44)21-26-22-37-33(24-34(26)45-4)42(7-3)32-17-10-11-18-36(32)47-37/h8-11,14-15,17-24H,5-7,12-13,16H2,1-4H3/p+1/b25-21+. The third kappa shape index (κ3) is 5.42. The minimum Gasteiger partial charge on any atom is -0.496 e. The molecule has 2 heterocycles. The van der Waals surface area contributed by atoms with Crippen molar-refractivity contribution < 1.29 is 19.1 Å². The van der Waals surface area contributed by atoms with Gasteiger partial charge in [-0.25, -0.2) is 9.21 Å². The highest BCUT2D eigenvalue weighted by Gasteiger charge is 2.34. The Balaban J connectivity index is 1.44. The first-order chi connectivity index (χ1) is 22.9. The zero-order chi connectivity index (χ0) is 32.7. The van der Waals surface area contributed by atoms with Crippen molar-refractivity contribution in [2.75, 3.05) is 36.5 Å². The van der Waals surface area contributed by atoms with Crippen LogP contribution in [0.25, 0.3) is 33.7 Å². The second-order valence-corrected chi connectivity index (χ2v) is 13.0. The zero-order valence-corrected chi connectivity index (χ0v) is 28.1. The van der Waals surface area contributed by atoms with Crippen molar-refractivity contribution in [3.8, 4) is 16.9 Å². The molecular formula is C40H39N2O4S+. The van der Waals surface area contributed by atoms with Gasteiger partial charge in [0.05, 0.1) is 46.6 Å². The molecular weight excluding hydrogens is 605 g/mol. The van der Waals surface area contributed by atoms with Crippen LogP contribution >= 0.6 is 11.8 Å². The van der Waals surface area contributed by atoms with Gasteiger partial charge in [0.15, 0.2) is 0 Å². The van der Waals surface area contributed by atoms with Crippen LogP contribution in [0.3, 0.4) is 0 Å². The first kappa shape index (κ1) is 30.9. The number of carbonyl (C=O) groups is 1. The molecule has 0 atom stereocenters. The first-order valence-electron chi connectivity index (χ1n) is 16.4. The third-order valence-corrected chi connectivity index (χ3v) is 10.5. The van der Waals surface area contributed by atoms with E-state index in [4.69, 9.17) is 9.15 Å². The number of rotatable bonds is 8. The Labute approximate surface area is 280 Å². The molecule has 1 aliphatic carbocycles. The summed E-state index contributed by atoms with van der Waals surface area (Å²) >= 11 is 1.79. The molecule has 7 rings (SSSR count). The highest BCUT2D eigenvalue weighted by atomic mass is 32.2. The van der Waals surface area contributed by atoms with E-state index in [0.29, 0.717) is 5.56 Å². The lowest BCUT2D eigenvalue weighted by molar-refractivity contribution is 0.0697. The molecule has 7 heteroatoms. The van der Waals surface area contributed by atoms with Crippen molar-refractivity contribution in [2.24, 2.45) is 0 Å². The zero-order valence-electron chi connectivity index (χ0n) is 27.3. The summed E-state index contributed by atoms with van der Waals surface area (Å²) in [6.45, 7) is 9.08. The maximum absolute atomic E-state index is 12.5. The van der Waals surface area contributed by atoms with Gasteiger partial charge in [-0.1, -0.05) is 42.1 Å². The van der Waals surface area contributed by atoms with Crippen molar-refractivity contribution in [1.29, 1.82) is 0 Å². The largest absolute Gasteiger partial charge is 0.496 e. The number of anilines is 3. The van der Waals surface area contributed by atoms with E-state index in [9.17, 15) is 9.90 Å². The number of benzene rings is 4. The fourth-order valence-electron chi connectivity index (χ4n) is 7.13. The van der Waals surface area contributed by atoms with Crippen LogP contribution in [0, 0.1) is 0 Å². The lowest BCUT2D eigenvalue weighted by Gasteiger charge is -2.32. The van der Waals surface area contributed by atoms with Crippen molar-refractivity contribution in [1.82, 2.24) is 0 Å². The predicted molar refractivity (Wildman–Crippen MR) is 194 cm³/mol. The molecule has 0 amide bonds. The number of ether oxygens (including phenoxy) is 1. The summed E-state index contributed by atoms with van der Waals surface area (Å²) in [5.41, 5.74) is 9.28. The Morgan fingerprint density at radius 3 is 2.51 bits per heavy atom. The summed E-state index contributed by atoms with van der Waals surface area (Å²) in [6, 6.07) is 26.6. The molecule has 1 aliphatic heterocycles. The summed E-state index contributed by atoms with van der Waals surface area (Å²) in [7, 11) is 1.73. The van der Waals surface area contributed by atoms with Gasteiger partial charge in [0.2, 0.25) is 0 Å². The third-order valence-electron chi connectivity index (χ3n) is 9.37. The molecule has 0 bridgehead atoms. The summed E-state index contributed by atoms with van der Waals surface area (Å²) in [5, 5.41) is 11.1. The average Bonchev–Trinajstić information content (AvgIpc) is 3.10. The van der Waals surface area contributed by atoms with E-state index in [0.717, 1.165) is 101 Å². The van der Waals surface area contributed by atoms with E-state index in [2.05, 4.69) is 91.2 Å². The molecule has 0 unspecified atom stereocenters. The summed E-state index contributed by atoms with van der Waals surface area (Å²) < 4.78 is 12.9. The van der Waals surface area contributed by atoms with E-state index in [1.165, 1.54) is 15.5 Å². The Morgan fingerprint density at radius 1 is 0.957 bits per heavy atom. The van der Waals surface area contributed by atoms with Gasteiger partial charge in [-0.3, -0.25) is 0 Å². The molecule has 0 spiro atoms. The average molecular weight is 644 g/mol. The molecule has 1 aromatic heterocycles. The number of hydrogen-bond acceptors (Lipinski definition) is 5. The van der Waals surface area contributed by atoms with Gasteiger partial charge < -0.3 is 19.6 Å². The Bertz CT molecular complexity index is 2050. The number of methoxy groups -OCH3 is 1. The number of fused-ring (bicyclic) bond motifs is 4. The van der Waals surface area contributed by atoms with E-state index >= 15 is 0 Å². The minimum atomic E-state index is -0.936. The maximum atomic E-state index is 12.5. The smallest absolute Gasteiger partial charge is 0.363 e. The first-order valence-corrected chi connectivity index (χ1v) is 17.2. The highest BCUT2D eigenvalue weighted by molar-refractivity contribution is 7.99. The van der Waals surface area contributed by atoms with Crippen LogP contribution in [0.15, 0.2) is 93.1 Å². The van der Waals surface area contributed by atoms with Crippen LogP contribution < -0.4 is 14.5 Å². The lowest BCUT2D eigenvalue weighted by atomic mass is 9.83. The van der Waals surface area contributed by atoms with Gasteiger partial charge in [0.25, 0.3) is 0 Å². The van der Waals surface area contributed by atoms with Gasteiger partial charge in [0, 0.05) is 52.3 Å². The van der Waals surface area contributed by atoms with Gasteiger partial charge in [-0.2, -0.15) is 0 Å². The van der Waals surface area contributed by atoms with E-state index in [-0.39, 0.29) is 0 Å². The van der Waals surface area contributed by atoms with E-state index < -0.39 is 5.97 Å². The number of carboxylic acid groups (broad SMARTS) is 1. The number of nitrogens with zero attached hydrogens (tertiary/aromatic N) is 2. The number of allylic oxidation sites excluding steroid dienone is 1. The van der Waals surface area contributed by atoms with Gasteiger partial charge in [-0.15, -0.1) is 0 Å². The molecule has 0 fully saturated rings. The number of hydrogen-bond donors (Lipinski definition) is 1. The second kappa shape index (κ2) is 12.8. The molecule has 6 nitrogen and oxygen atoms in total. The number of para-hydroxylation sites is 1. The molecule has 0 saturated heterocycles. The molecule has 47 heavy (non-hydrogen) atoms. The SMILES string of the molecule is CCN(CC)c1ccc2c(-c3ccccc3C(=O)O)c3c([o+]c2c1)/C(=C/c1cc2c(cc1OC)N(CC)c1ccccc1S2)CCC3. The summed E-state index contributed by atoms with van der Waals surface area (Å²) in [6.07, 6.45) is 4.78. The van der Waals surface area contributed by atoms with Crippen molar-refractivity contribution in [2.45, 2.75) is 49.8 Å². The number of carboxylic acids is 1. The van der Waals surface area contributed by atoms with E-state index in [1.54, 1.807) is 31.0 Å². The topological polar surface area (TPSA) is 64.3 Å². The highest BCUT2D eigenvalue weighted by Crippen LogP contribution is 2.51. The van der Waals surface area contributed by atoms with Crippen LogP contribution in [0.4, 0.5) is 17.1 Å². The predicted octanol–water partition coefficient (Wildman–Crippen LogP) is 10.4. The Hall–Kier alpha value is -4.75. The molecule has 0 saturated carbocycles. The van der Waals surface area contributed by atoms with Gasteiger partial charge in [-0.05, 0) is 88.1 Å². The molecule has 5 aromatic rings. The molecule has 238 valence electrons. The van der Waals surface area contributed by atoms with Crippen LogP contribution in [-0.2, 0) is 6.42 Å². The Kier molecular flexibility index (Phi) is 8.41. The summed E-state index contributed by atoms with van der Waals surface area (Å²) in [4.78, 5) is 19.5. The number of aromatic carboxylic acids is 1. The van der Waals surface area contributed by atoms with Crippen LogP contribution in [0.5, 0.6) is 5.75 Å².